The Morgan fingerprint density at radius 1 is 1.00 bits per heavy atom. The van der Waals surface area contributed by atoms with Crippen LogP contribution in [0.15, 0.2) is 84.0 Å². The van der Waals surface area contributed by atoms with E-state index in [0.29, 0.717) is 17.4 Å². The lowest BCUT2D eigenvalue weighted by molar-refractivity contribution is -0.127. The van der Waals surface area contributed by atoms with Gasteiger partial charge in [0.05, 0.1) is 6.21 Å². The molecule has 1 atom stereocenters. The van der Waals surface area contributed by atoms with E-state index in [2.05, 4.69) is 10.5 Å². The van der Waals surface area contributed by atoms with Gasteiger partial charge >= 0.3 is 0 Å². The third-order valence-corrected chi connectivity index (χ3v) is 4.26. The van der Waals surface area contributed by atoms with Crippen LogP contribution in [0.4, 0.5) is 0 Å². The molecular formula is C23H21ClN2O3. The van der Waals surface area contributed by atoms with Gasteiger partial charge in [-0.05, 0) is 54.4 Å². The van der Waals surface area contributed by atoms with E-state index in [-0.39, 0.29) is 5.91 Å². The Bertz CT molecular complexity index is 942. The van der Waals surface area contributed by atoms with E-state index in [0.717, 1.165) is 16.9 Å². The van der Waals surface area contributed by atoms with E-state index in [1.807, 2.05) is 42.5 Å². The predicted molar refractivity (Wildman–Crippen MR) is 114 cm³/mol. The molecule has 0 aliphatic carbocycles. The molecular weight excluding hydrogens is 388 g/mol. The largest absolute Gasteiger partial charge is 0.489 e. The Morgan fingerprint density at radius 2 is 1.66 bits per heavy atom. The highest BCUT2D eigenvalue weighted by Crippen LogP contribution is 2.19. The summed E-state index contributed by atoms with van der Waals surface area (Å²) in [5.41, 5.74) is 4.39. The van der Waals surface area contributed by atoms with Crippen molar-refractivity contribution in [3.8, 4) is 11.5 Å². The summed E-state index contributed by atoms with van der Waals surface area (Å²) < 4.78 is 11.4. The van der Waals surface area contributed by atoms with E-state index >= 15 is 0 Å². The Hall–Kier alpha value is -3.31. The van der Waals surface area contributed by atoms with Crippen molar-refractivity contribution in [2.75, 3.05) is 0 Å². The van der Waals surface area contributed by atoms with Crippen molar-refractivity contribution in [2.24, 2.45) is 5.10 Å². The highest BCUT2D eigenvalue weighted by molar-refractivity contribution is 6.30. The fourth-order valence-electron chi connectivity index (χ4n) is 2.42. The lowest BCUT2D eigenvalue weighted by Crippen LogP contribution is -2.33. The van der Waals surface area contributed by atoms with E-state index < -0.39 is 6.10 Å². The number of carbonyl (C=O) groups is 1. The molecule has 0 saturated heterocycles. The number of nitrogens with zero attached hydrogens (tertiary/aromatic N) is 1. The van der Waals surface area contributed by atoms with Gasteiger partial charge in [0.1, 0.15) is 18.1 Å². The summed E-state index contributed by atoms with van der Waals surface area (Å²) in [5.74, 6) is 0.951. The maximum Gasteiger partial charge on any atom is 0.280 e. The number of rotatable bonds is 8. The molecule has 5 nitrogen and oxygen atoms in total. The van der Waals surface area contributed by atoms with Crippen molar-refractivity contribution in [1.82, 2.24) is 5.43 Å². The standard InChI is InChI=1S/C23H21ClN2O3/c1-17(23(27)26-25-15-18-7-9-20(24)10-8-18)29-22-13-11-21(12-14-22)28-16-19-5-3-2-4-6-19/h2-15,17H,16H2,1H3,(H,26,27)/b25-15-/t17-/m0/s1. The number of amides is 1. The van der Waals surface area contributed by atoms with Gasteiger partial charge in [0.15, 0.2) is 6.10 Å². The molecule has 0 spiro atoms. The van der Waals surface area contributed by atoms with Crippen LogP contribution in [-0.2, 0) is 11.4 Å². The van der Waals surface area contributed by atoms with Crippen LogP contribution in [0, 0.1) is 0 Å². The molecule has 1 amide bonds. The van der Waals surface area contributed by atoms with Gasteiger partial charge in [-0.2, -0.15) is 5.10 Å². The number of nitrogens with one attached hydrogen (secondary N) is 1. The summed E-state index contributed by atoms with van der Waals surface area (Å²) in [4.78, 5) is 12.1. The zero-order chi connectivity index (χ0) is 20.5. The lowest BCUT2D eigenvalue weighted by Gasteiger charge is -2.13. The van der Waals surface area contributed by atoms with Crippen molar-refractivity contribution in [3.05, 3.63) is 95.0 Å². The Balaban J connectivity index is 1.46. The second-order valence-corrected chi connectivity index (χ2v) is 6.73. The van der Waals surface area contributed by atoms with Gasteiger partial charge in [0.25, 0.3) is 5.91 Å². The molecule has 1 N–H and O–H groups in total. The minimum atomic E-state index is -0.701. The maximum atomic E-state index is 12.1. The second-order valence-electron chi connectivity index (χ2n) is 6.29. The Labute approximate surface area is 174 Å². The van der Waals surface area contributed by atoms with E-state index in [1.165, 1.54) is 0 Å². The van der Waals surface area contributed by atoms with Crippen LogP contribution in [0.3, 0.4) is 0 Å². The molecule has 148 valence electrons. The fourth-order valence-corrected chi connectivity index (χ4v) is 2.55. The first-order valence-corrected chi connectivity index (χ1v) is 9.50. The first-order valence-electron chi connectivity index (χ1n) is 9.12. The number of hydrogen-bond donors (Lipinski definition) is 1. The van der Waals surface area contributed by atoms with Crippen molar-refractivity contribution in [3.63, 3.8) is 0 Å². The summed E-state index contributed by atoms with van der Waals surface area (Å²) in [6, 6.07) is 24.2. The van der Waals surface area contributed by atoms with Crippen LogP contribution < -0.4 is 14.9 Å². The smallest absolute Gasteiger partial charge is 0.280 e. The van der Waals surface area contributed by atoms with E-state index in [9.17, 15) is 4.79 Å². The molecule has 3 aromatic carbocycles. The van der Waals surface area contributed by atoms with Gasteiger partial charge in [0, 0.05) is 5.02 Å². The molecule has 0 aromatic heterocycles. The average Bonchev–Trinajstić information content (AvgIpc) is 2.75. The molecule has 0 unspecified atom stereocenters. The first-order chi connectivity index (χ1) is 14.1. The predicted octanol–water partition coefficient (Wildman–Crippen LogP) is 4.84. The summed E-state index contributed by atoms with van der Waals surface area (Å²) in [6.07, 6.45) is 0.841. The average molecular weight is 409 g/mol. The Kier molecular flexibility index (Phi) is 7.25. The second kappa shape index (κ2) is 10.3. The van der Waals surface area contributed by atoms with Crippen LogP contribution in [0.5, 0.6) is 11.5 Å². The maximum absolute atomic E-state index is 12.1. The molecule has 3 rings (SSSR count). The summed E-state index contributed by atoms with van der Waals surface area (Å²) in [7, 11) is 0. The highest BCUT2D eigenvalue weighted by atomic mass is 35.5. The molecule has 0 bridgehead atoms. The van der Waals surface area contributed by atoms with Gasteiger partial charge < -0.3 is 9.47 Å². The van der Waals surface area contributed by atoms with E-state index in [1.54, 1.807) is 49.5 Å². The van der Waals surface area contributed by atoms with Gasteiger partial charge in [-0.3, -0.25) is 4.79 Å². The highest BCUT2D eigenvalue weighted by Gasteiger charge is 2.13. The summed E-state index contributed by atoms with van der Waals surface area (Å²) in [5, 5.41) is 4.58. The van der Waals surface area contributed by atoms with E-state index in [4.69, 9.17) is 21.1 Å². The lowest BCUT2D eigenvalue weighted by atomic mass is 10.2. The van der Waals surface area contributed by atoms with Gasteiger partial charge in [-0.25, -0.2) is 5.43 Å². The minimum Gasteiger partial charge on any atom is -0.489 e. The zero-order valence-corrected chi connectivity index (χ0v) is 16.7. The molecule has 29 heavy (non-hydrogen) atoms. The normalized spacial score (nSPS) is 11.8. The van der Waals surface area contributed by atoms with Crippen molar-refractivity contribution in [1.29, 1.82) is 0 Å². The molecule has 0 heterocycles. The van der Waals surface area contributed by atoms with Crippen LogP contribution in [0.25, 0.3) is 0 Å². The van der Waals surface area contributed by atoms with Crippen molar-refractivity contribution < 1.29 is 14.3 Å². The first kappa shape index (κ1) is 20.4. The van der Waals surface area contributed by atoms with Crippen molar-refractivity contribution in [2.45, 2.75) is 19.6 Å². The van der Waals surface area contributed by atoms with Crippen LogP contribution in [-0.4, -0.2) is 18.2 Å². The molecule has 0 fully saturated rings. The van der Waals surface area contributed by atoms with Crippen LogP contribution >= 0.6 is 11.6 Å². The monoisotopic (exact) mass is 408 g/mol. The van der Waals surface area contributed by atoms with Gasteiger partial charge in [-0.15, -0.1) is 0 Å². The molecule has 3 aromatic rings. The Morgan fingerprint density at radius 3 is 2.34 bits per heavy atom. The number of ether oxygens (including phenoxy) is 2. The minimum absolute atomic E-state index is 0.348. The topological polar surface area (TPSA) is 59.9 Å². The number of halogens is 1. The summed E-state index contributed by atoms with van der Waals surface area (Å²) in [6.45, 7) is 2.15. The number of hydrazone groups is 1. The zero-order valence-electron chi connectivity index (χ0n) is 15.9. The number of hydrogen-bond acceptors (Lipinski definition) is 4. The number of benzene rings is 3. The third kappa shape index (κ3) is 6.66. The SMILES string of the molecule is C[C@H](Oc1ccc(OCc2ccccc2)cc1)C(=O)N/N=C\c1ccc(Cl)cc1. The molecule has 0 aliphatic heterocycles. The quantitative estimate of drug-likeness (QED) is 0.428. The fraction of sp³-hybridized carbons (Fsp3) is 0.130. The molecule has 0 saturated carbocycles. The van der Waals surface area contributed by atoms with Crippen LogP contribution in [0.2, 0.25) is 5.02 Å². The van der Waals surface area contributed by atoms with Crippen molar-refractivity contribution >= 4 is 23.7 Å². The van der Waals surface area contributed by atoms with Crippen LogP contribution in [0.1, 0.15) is 18.1 Å². The third-order valence-electron chi connectivity index (χ3n) is 4.01. The van der Waals surface area contributed by atoms with Gasteiger partial charge in [0.2, 0.25) is 0 Å². The molecule has 0 aliphatic rings. The molecule has 6 heteroatoms. The molecule has 0 radical (unpaired) electrons. The number of carbonyl (C=O) groups excluding carboxylic acids is 1. The van der Waals surface area contributed by atoms with Gasteiger partial charge in [-0.1, -0.05) is 54.1 Å². The summed E-state index contributed by atoms with van der Waals surface area (Å²) >= 11 is 5.83.